The molecule has 2 rings (SSSR count). The summed E-state index contributed by atoms with van der Waals surface area (Å²) in [7, 11) is -1.91. The molecule has 1 aromatic heterocycles. The van der Waals surface area contributed by atoms with Gasteiger partial charge in [-0.25, -0.2) is 13.1 Å². The maximum absolute atomic E-state index is 12.3. The zero-order valence-corrected chi connectivity index (χ0v) is 14.2. The molecule has 5 nitrogen and oxygen atoms in total. The third-order valence-corrected chi connectivity index (χ3v) is 4.84. The topological polar surface area (TPSA) is 71.3 Å². The lowest BCUT2D eigenvalue weighted by Gasteiger charge is -2.13. The maximum atomic E-state index is 12.3. The fraction of sp³-hybridized carbons (Fsp3) is 0.286. The van der Waals surface area contributed by atoms with Gasteiger partial charge in [0.25, 0.3) is 10.0 Å². The Morgan fingerprint density at radius 2 is 2.05 bits per heavy atom. The minimum Gasteiger partial charge on any atom is -0.447 e. The van der Waals surface area contributed by atoms with Crippen LogP contribution in [-0.4, -0.2) is 15.5 Å². The van der Waals surface area contributed by atoms with Crippen LogP contribution in [0.4, 0.5) is 0 Å². The first-order valence-electron chi connectivity index (χ1n) is 6.43. The first-order valence-corrected chi connectivity index (χ1v) is 8.71. The van der Waals surface area contributed by atoms with E-state index in [-0.39, 0.29) is 11.1 Å². The van der Waals surface area contributed by atoms with Crippen LogP contribution in [-0.2, 0) is 16.6 Å². The van der Waals surface area contributed by atoms with Crippen molar-refractivity contribution in [2.24, 2.45) is 0 Å². The summed E-state index contributed by atoms with van der Waals surface area (Å²) in [5, 5.41) is 2.83. The van der Waals surface area contributed by atoms with E-state index in [1.807, 2.05) is 24.3 Å². The van der Waals surface area contributed by atoms with E-state index in [1.54, 1.807) is 20.0 Å². The molecule has 114 valence electrons. The van der Waals surface area contributed by atoms with Gasteiger partial charge in [-0.05, 0) is 43.8 Å². The van der Waals surface area contributed by atoms with Gasteiger partial charge in [0.2, 0.25) is 5.09 Å². The van der Waals surface area contributed by atoms with E-state index >= 15 is 0 Å². The average molecular weight is 373 g/mol. The number of benzene rings is 1. The molecule has 21 heavy (non-hydrogen) atoms. The Labute approximate surface area is 132 Å². The van der Waals surface area contributed by atoms with Crippen LogP contribution in [0.3, 0.4) is 0 Å². The molecule has 0 radical (unpaired) electrons. The quantitative estimate of drug-likeness (QED) is 0.817. The van der Waals surface area contributed by atoms with Crippen LogP contribution in [0.15, 0.2) is 50.4 Å². The summed E-state index contributed by atoms with van der Waals surface area (Å²) in [6.07, 6.45) is 0. The van der Waals surface area contributed by atoms with Crippen LogP contribution in [0.1, 0.15) is 24.3 Å². The number of rotatable bonds is 6. The van der Waals surface area contributed by atoms with E-state index in [1.165, 1.54) is 6.07 Å². The third-order valence-electron chi connectivity index (χ3n) is 2.93. The highest BCUT2D eigenvalue weighted by Gasteiger charge is 2.22. The highest BCUT2D eigenvalue weighted by atomic mass is 79.9. The molecule has 0 fully saturated rings. The number of halogens is 1. The molecule has 0 aliphatic carbocycles. The fourth-order valence-electron chi connectivity index (χ4n) is 1.91. The van der Waals surface area contributed by atoms with Gasteiger partial charge >= 0.3 is 0 Å². The van der Waals surface area contributed by atoms with E-state index in [0.717, 1.165) is 10.0 Å². The van der Waals surface area contributed by atoms with Gasteiger partial charge in [0, 0.05) is 10.5 Å². The Hall–Kier alpha value is -1.15. The van der Waals surface area contributed by atoms with Crippen molar-refractivity contribution in [3.8, 4) is 0 Å². The van der Waals surface area contributed by atoms with Crippen molar-refractivity contribution in [3.05, 3.63) is 52.2 Å². The van der Waals surface area contributed by atoms with Gasteiger partial charge in [0.15, 0.2) is 0 Å². The summed E-state index contributed by atoms with van der Waals surface area (Å²) in [6, 6.07) is 10.3. The highest BCUT2D eigenvalue weighted by molar-refractivity contribution is 9.10. The maximum Gasteiger partial charge on any atom is 0.274 e. The van der Waals surface area contributed by atoms with Gasteiger partial charge in [-0.15, -0.1) is 0 Å². The zero-order valence-electron chi connectivity index (χ0n) is 11.8. The van der Waals surface area contributed by atoms with Crippen LogP contribution < -0.4 is 10.0 Å². The molecule has 0 aliphatic rings. The molecule has 7 heteroatoms. The Bertz CT molecular complexity index is 713. The van der Waals surface area contributed by atoms with E-state index < -0.39 is 10.0 Å². The van der Waals surface area contributed by atoms with Gasteiger partial charge < -0.3 is 9.73 Å². The predicted octanol–water partition coefficient (Wildman–Crippen LogP) is 2.80. The van der Waals surface area contributed by atoms with Crippen LogP contribution in [0.2, 0.25) is 0 Å². The lowest BCUT2D eigenvalue weighted by molar-refractivity contribution is 0.403. The Morgan fingerprint density at radius 1 is 1.29 bits per heavy atom. The molecule has 2 aromatic rings. The molecular formula is C14H17BrN2O3S. The first kappa shape index (κ1) is 16.2. The van der Waals surface area contributed by atoms with E-state index in [0.29, 0.717) is 12.3 Å². The van der Waals surface area contributed by atoms with Crippen LogP contribution >= 0.6 is 15.9 Å². The van der Waals surface area contributed by atoms with Gasteiger partial charge in [-0.1, -0.05) is 28.1 Å². The smallest absolute Gasteiger partial charge is 0.274 e. The Morgan fingerprint density at radius 3 is 2.71 bits per heavy atom. The molecule has 1 aromatic carbocycles. The van der Waals surface area contributed by atoms with Gasteiger partial charge in [0.1, 0.15) is 5.76 Å². The molecule has 0 spiro atoms. The average Bonchev–Trinajstić information content (AvgIpc) is 2.88. The van der Waals surface area contributed by atoms with E-state index in [2.05, 4.69) is 26.0 Å². The standard InChI is InChI=1S/C14H17BrN2O3S/c1-10(11-4-3-5-12(15)8-11)17-21(18,19)14-7-6-13(20-14)9-16-2/h3-8,10,16-17H,9H2,1-2H3. The summed E-state index contributed by atoms with van der Waals surface area (Å²) in [4.78, 5) is 0. The van der Waals surface area contributed by atoms with Crippen molar-refractivity contribution in [2.75, 3.05) is 7.05 Å². The summed E-state index contributed by atoms with van der Waals surface area (Å²) >= 11 is 3.37. The van der Waals surface area contributed by atoms with Crippen molar-refractivity contribution in [2.45, 2.75) is 24.6 Å². The second-order valence-corrected chi connectivity index (χ2v) is 7.21. The molecule has 0 aliphatic heterocycles. The fourth-order valence-corrected chi connectivity index (χ4v) is 3.51. The predicted molar refractivity (Wildman–Crippen MR) is 84.4 cm³/mol. The third kappa shape index (κ3) is 4.16. The molecule has 0 amide bonds. The van der Waals surface area contributed by atoms with Gasteiger partial charge in [-0.2, -0.15) is 0 Å². The van der Waals surface area contributed by atoms with Crippen molar-refractivity contribution in [1.82, 2.24) is 10.0 Å². The number of nitrogens with one attached hydrogen (secondary N) is 2. The van der Waals surface area contributed by atoms with Crippen LogP contribution in [0, 0.1) is 0 Å². The minimum atomic E-state index is -3.68. The summed E-state index contributed by atoms with van der Waals surface area (Å²) in [5.74, 6) is 0.577. The number of furan rings is 1. The van der Waals surface area contributed by atoms with Gasteiger partial charge in [0.05, 0.1) is 6.54 Å². The number of hydrogen-bond donors (Lipinski definition) is 2. The largest absolute Gasteiger partial charge is 0.447 e. The Kier molecular flexibility index (Phi) is 5.21. The molecular weight excluding hydrogens is 356 g/mol. The molecule has 1 atom stereocenters. The molecule has 2 N–H and O–H groups in total. The second kappa shape index (κ2) is 6.74. The summed E-state index contributed by atoms with van der Waals surface area (Å²) in [6.45, 7) is 2.27. The summed E-state index contributed by atoms with van der Waals surface area (Å²) < 4.78 is 33.4. The molecule has 0 bridgehead atoms. The number of hydrogen-bond acceptors (Lipinski definition) is 4. The monoisotopic (exact) mass is 372 g/mol. The minimum absolute atomic E-state index is 0.0744. The lowest BCUT2D eigenvalue weighted by atomic mass is 10.1. The van der Waals surface area contributed by atoms with Gasteiger partial charge in [-0.3, -0.25) is 0 Å². The van der Waals surface area contributed by atoms with Crippen molar-refractivity contribution in [1.29, 1.82) is 0 Å². The SMILES string of the molecule is CNCc1ccc(S(=O)(=O)NC(C)c2cccc(Br)c2)o1. The van der Waals surface area contributed by atoms with Crippen LogP contribution in [0.25, 0.3) is 0 Å². The molecule has 0 saturated carbocycles. The van der Waals surface area contributed by atoms with E-state index in [9.17, 15) is 8.42 Å². The van der Waals surface area contributed by atoms with Crippen LogP contribution in [0.5, 0.6) is 0 Å². The first-order chi connectivity index (χ1) is 9.92. The Balaban J connectivity index is 2.16. The van der Waals surface area contributed by atoms with Crippen molar-refractivity contribution in [3.63, 3.8) is 0 Å². The highest BCUT2D eigenvalue weighted by Crippen LogP contribution is 2.21. The normalized spacial score (nSPS) is 13.3. The van der Waals surface area contributed by atoms with E-state index in [4.69, 9.17) is 4.42 Å². The molecule has 1 heterocycles. The summed E-state index contributed by atoms with van der Waals surface area (Å²) in [5.41, 5.74) is 0.870. The number of sulfonamides is 1. The second-order valence-electron chi connectivity index (χ2n) is 4.65. The molecule has 1 unspecified atom stereocenters. The van der Waals surface area contributed by atoms with Crippen molar-refractivity contribution < 1.29 is 12.8 Å². The lowest BCUT2D eigenvalue weighted by Crippen LogP contribution is -2.26. The van der Waals surface area contributed by atoms with Crippen molar-refractivity contribution >= 4 is 26.0 Å². The molecule has 0 saturated heterocycles. The zero-order chi connectivity index (χ0) is 15.5.